The lowest BCUT2D eigenvalue weighted by Crippen LogP contribution is -2.37. The number of anilines is 2. The second-order valence-corrected chi connectivity index (χ2v) is 11.9. The molecule has 2 saturated heterocycles. The molecule has 5 heterocycles. The molecule has 2 N–H and O–H groups in total. The Morgan fingerprint density at radius 3 is 2.65 bits per heavy atom. The molecule has 5 rings (SSSR count). The van der Waals surface area contributed by atoms with Crippen LogP contribution in [0, 0.1) is 11.7 Å². The van der Waals surface area contributed by atoms with Gasteiger partial charge in [0.1, 0.15) is 0 Å². The van der Waals surface area contributed by atoms with Crippen molar-refractivity contribution in [3.05, 3.63) is 45.0 Å². The SMILES string of the molecule is CC1CCCN1Cc1sc(NC(=O)c2cnc(N3CCC(C(=O)O)CC3)c(F)c2)nc1-c1cc(Cl)cs1. The number of rotatable bonds is 7. The van der Waals surface area contributed by atoms with Crippen molar-refractivity contribution in [3.63, 3.8) is 0 Å². The third-order valence-electron chi connectivity index (χ3n) is 6.98. The van der Waals surface area contributed by atoms with Gasteiger partial charge in [-0.1, -0.05) is 22.9 Å². The zero-order valence-corrected chi connectivity index (χ0v) is 22.6. The van der Waals surface area contributed by atoms with Crippen LogP contribution in [-0.4, -0.2) is 57.5 Å². The quantitative estimate of drug-likeness (QED) is 0.386. The van der Waals surface area contributed by atoms with Gasteiger partial charge in [-0.05, 0) is 51.3 Å². The van der Waals surface area contributed by atoms with Gasteiger partial charge in [0.15, 0.2) is 16.8 Å². The van der Waals surface area contributed by atoms with E-state index < -0.39 is 23.6 Å². The van der Waals surface area contributed by atoms with E-state index in [1.807, 2.05) is 11.4 Å². The normalized spacial score (nSPS) is 18.9. The van der Waals surface area contributed by atoms with Crippen LogP contribution < -0.4 is 10.2 Å². The molecular weight excluding hydrogens is 537 g/mol. The van der Waals surface area contributed by atoms with Crippen LogP contribution in [-0.2, 0) is 11.3 Å². The average Bonchev–Trinajstić information content (AvgIpc) is 3.59. The number of carboxylic acid groups (broad SMARTS) is 1. The fourth-order valence-corrected chi connectivity index (χ4v) is 7.00. The number of carboxylic acids is 1. The number of aliphatic carboxylic acids is 1. The van der Waals surface area contributed by atoms with Gasteiger partial charge in [-0.25, -0.2) is 14.4 Å². The first-order valence-electron chi connectivity index (χ1n) is 12.2. The summed E-state index contributed by atoms with van der Waals surface area (Å²) in [7, 11) is 0. The van der Waals surface area contributed by atoms with Gasteiger partial charge in [-0.3, -0.25) is 19.8 Å². The van der Waals surface area contributed by atoms with E-state index in [2.05, 4.69) is 22.1 Å². The summed E-state index contributed by atoms with van der Waals surface area (Å²) >= 11 is 9.09. The van der Waals surface area contributed by atoms with E-state index in [0.29, 0.717) is 42.1 Å². The van der Waals surface area contributed by atoms with Gasteiger partial charge < -0.3 is 10.0 Å². The molecule has 0 aromatic carbocycles. The first kappa shape index (κ1) is 26.0. The van der Waals surface area contributed by atoms with E-state index in [9.17, 15) is 19.1 Å². The van der Waals surface area contributed by atoms with Crippen LogP contribution in [0.5, 0.6) is 0 Å². The van der Waals surface area contributed by atoms with Crippen molar-refractivity contribution in [3.8, 4) is 10.6 Å². The predicted molar refractivity (Wildman–Crippen MR) is 144 cm³/mol. The Kier molecular flexibility index (Phi) is 7.75. The van der Waals surface area contributed by atoms with Crippen LogP contribution in [0.1, 0.15) is 47.8 Å². The molecule has 0 bridgehead atoms. The third kappa shape index (κ3) is 5.79. The monoisotopic (exact) mass is 563 g/mol. The molecular formula is C25H27ClFN5O3S2. The minimum atomic E-state index is -0.828. The lowest BCUT2D eigenvalue weighted by atomic mass is 9.97. The van der Waals surface area contributed by atoms with Crippen LogP contribution in [0.3, 0.4) is 0 Å². The largest absolute Gasteiger partial charge is 0.481 e. The number of carbonyl (C=O) groups is 2. The van der Waals surface area contributed by atoms with Crippen LogP contribution in [0.4, 0.5) is 15.3 Å². The van der Waals surface area contributed by atoms with E-state index in [1.54, 1.807) is 4.90 Å². The summed E-state index contributed by atoms with van der Waals surface area (Å²) in [5, 5.41) is 14.9. The Balaban J connectivity index is 1.32. The molecule has 2 fully saturated rings. The van der Waals surface area contributed by atoms with Crippen LogP contribution in [0.25, 0.3) is 10.6 Å². The number of likely N-dealkylation sites (tertiary alicyclic amines) is 1. The van der Waals surface area contributed by atoms with Gasteiger partial charge in [0.2, 0.25) is 0 Å². The number of nitrogens with zero attached hydrogens (tertiary/aromatic N) is 4. The van der Waals surface area contributed by atoms with E-state index in [-0.39, 0.29) is 11.4 Å². The standard InChI is InChI=1S/C25H27ClFN5O3S2/c1-14-3-2-6-32(14)12-20-21(19-10-17(26)13-36-19)29-25(37-20)30-23(33)16-9-18(27)22(28-11-16)31-7-4-15(5-8-31)24(34)35/h9-11,13-15H,2-8,12H2,1H3,(H,34,35)(H,29,30,33). The van der Waals surface area contributed by atoms with Crippen LogP contribution in [0.15, 0.2) is 23.7 Å². The number of thiazole rings is 1. The summed E-state index contributed by atoms with van der Waals surface area (Å²) in [6, 6.07) is 3.53. The van der Waals surface area contributed by atoms with Gasteiger partial charge in [0.25, 0.3) is 5.91 Å². The number of piperidine rings is 1. The molecule has 3 aromatic rings. The number of halogens is 2. The smallest absolute Gasteiger partial charge is 0.306 e. The highest BCUT2D eigenvalue weighted by Crippen LogP contribution is 2.38. The Morgan fingerprint density at radius 1 is 1.24 bits per heavy atom. The zero-order valence-electron chi connectivity index (χ0n) is 20.2. The summed E-state index contributed by atoms with van der Waals surface area (Å²) < 4.78 is 14.9. The van der Waals surface area contributed by atoms with Crippen molar-refractivity contribution >= 4 is 57.1 Å². The molecule has 3 aromatic heterocycles. The fourth-order valence-electron chi connectivity index (χ4n) is 4.85. The molecule has 2 aliphatic heterocycles. The van der Waals surface area contributed by atoms with Crippen molar-refractivity contribution in [1.82, 2.24) is 14.9 Å². The maximum Gasteiger partial charge on any atom is 0.306 e. The summed E-state index contributed by atoms with van der Waals surface area (Å²) in [6.45, 7) is 4.79. The maximum atomic E-state index is 14.9. The lowest BCUT2D eigenvalue weighted by Gasteiger charge is -2.31. The van der Waals surface area contributed by atoms with Crippen LogP contribution >= 0.6 is 34.3 Å². The number of amides is 1. The highest BCUT2D eigenvalue weighted by molar-refractivity contribution is 7.17. The molecule has 1 unspecified atom stereocenters. The molecule has 0 aliphatic carbocycles. The van der Waals surface area contributed by atoms with E-state index in [4.69, 9.17) is 16.6 Å². The van der Waals surface area contributed by atoms with E-state index in [1.165, 1.54) is 34.9 Å². The van der Waals surface area contributed by atoms with Gasteiger partial charge in [-0.15, -0.1) is 11.3 Å². The predicted octanol–water partition coefficient (Wildman–Crippen LogP) is 5.60. The first-order valence-corrected chi connectivity index (χ1v) is 14.3. The molecule has 8 nitrogen and oxygen atoms in total. The third-order valence-corrected chi connectivity index (χ3v) is 9.22. The molecule has 12 heteroatoms. The molecule has 0 spiro atoms. The molecule has 0 saturated carbocycles. The summed E-state index contributed by atoms with van der Waals surface area (Å²) in [5.74, 6) is -2.22. The zero-order chi connectivity index (χ0) is 26.1. The van der Waals surface area contributed by atoms with E-state index >= 15 is 0 Å². The summed E-state index contributed by atoms with van der Waals surface area (Å²) in [5.41, 5.74) is 0.896. The van der Waals surface area contributed by atoms with Crippen molar-refractivity contribution < 1.29 is 19.1 Å². The average molecular weight is 564 g/mol. The molecule has 2 aliphatic rings. The number of carbonyl (C=O) groups excluding carboxylic acids is 1. The maximum absolute atomic E-state index is 14.9. The Bertz CT molecular complexity index is 1310. The summed E-state index contributed by atoms with van der Waals surface area (Å²) in [4.78, 5) is 39.2. The highest BCUT2D eigenvalue weighted by Gasteiger charge is 2.28. The Hall–Kier alpha value is -2.60. The van der Waals surface area contributed by atoms with Gasteiger partial charge in [0, 0.05) is 42.1 Å². The second-order valence-electron chi connectivity index (χ2n) is 9.46. The summed E-state index contributed by atoms with van der Waals surface area (Å²) in [6.07, 6.45) is 4.53. The second kappa shape index (κ2) is 11.0. The van der Waals surface area contributed by atoms with Crippen molar-refractivity contribution in [1.29, 1.82) is 0 Å². The van der Waals surface area contributed by atoms with E-state index in [0.717, 1.165) is 41.4 Å². The van der Waals surface area contributed by atoms with Crippen molar-refractivity contribution in [2.24, 2.45) is 5.92 Å². The van der Waals surface area contributed by atoms with Crippen molar-refractivity contribution in [2.45, 2.75) is 45.2 Å². The van der Waals surface area contributed by atoms with Gasteiger partial charge >= 0.3 is 5.97 Å². The highest BCUT2D eigenvalue weighted by atomic mass is 35.5. The molecule has 0 radical (unpaired) electrons. The Labute approximate surface area is 227 Å². The number of nitrogens with one attached hydrogen (secondary N) is 1. The minimum Gasteiger partial charge on any atom is -0.481 e. The Morgan fingerprint density at radius 2 is 2.03 bits per heavy atom. The number of thiophene rings is 1. The van der Waals surface area contributed by atoms with Crippen molar-refractivity contribution in [2.75, 3.05) is 29.9 Å². The molecule has 196 valence electrons. The minimum absolute atomic E-state index is 0.0901. The number of aromatic nitrogens is 2. The number of hydrogen-bond donors (Lipinski definition) is 2. The number of hydrogen-bond acceptors (Lipinski definition) is 8. The molecule has 1 amide bonds. The van der Waals surface area contributed by atoms with Crippen LogP contribution in [0.2, 0.25) is 5.02 Å². The fraction of sp³-hybridized carbons (Fsp3) is 0.440. The number of pyridine rings is 1. The molecule has 37 heavy (non-hydrogen) atoms. The first-order chi connectivity index (χ1) is 17.8. The van der Waals surface area contributed by atoms with Gasteiger partial charge in [-0.2, -0.15) is 0 Å². The van der Waals surface area contributed by atoms with Gasteiger partial charge in [0.05, 0.1) is 27.1 Å². The molecule has 1 atom stereocenters. The lowest BCUT2D eigenvalue weighted by molar-refractivity contribution is -0.142. The topological polar surface area (TPSA) is 98.7 Å².